The molecule has 1 aromatic carbocycles. The van der Waals surface area contributed by atoms with Crippen molar-refractivity contribution in [2.45, 2.75) is 25.4 Å². The van der Waals surface area contributed by atoms with Gasteiger partial charge >= 0.3 is 0 Å². The van der Waals surface area contributed by atoms with Crippen LogP contribution in [0.3, 0.4) is 0 Å². The number of benzene rings is 1. The Labute approximate surface area is 66.7 Å². The van der Waals surface area contributed by atoms with Gasteiger partial charge in [0, 0.05) is 5.92 Å². The molecule has 0 spiro atoms. The van der Waals surface area contributed by atoms with E-state index in [9.17, 15) is 5.11 Å². The van der Waals surface area contributed by atoms with Gasteiger partial charge < -0.3 is 5.11 Å². The topological polar surface area (TPSA) is 20.2 Å². The second kappa shape index (κ2) is 1.86. The summed E-state index contributed by atoms with van der Waals surface area (Å²) in [6.07, 6.45) is 0. The van der Waals surface area contributed by atoms with Crippen LogP contribution in [0.25, 0.3) is 0 Å². The second-order valence-electron chi connectivity index (χ2n) is 3.46. The monoisotopic (exact) mass is 148 g/mol. The van der Waals surface area contributed by atoms with Crippen LogP contribution in [-0.2, 0) is 5.60 Å². The molecule has 0 bridgehead atoms. The van der Waals surface area contributed by atoms with Gasteiger partial charge in [-0.15, -0.1) is 0 Å². The number of hydrogen-bond donors (Lipinski definition) is 1. The summed E-state index contributed by atoms with van der Waals surface area (Å²) >= 11 is 0. The Kier molecular flexibility index (Phi) is 1.16. The molecule has 1 aliphatic rings. The lowest BCUT2D eigenvalue weighted by atomic mass is 9.66. The molecule has 0 saturated heterocycles. The summed E-state index contributed by atoms with van der Waals surface area (Å²) in [5.74, 6) is 0.290. The van der Waals surface area contributed by atoms with Gasteiger partial charge in [0.1, 0.15) is 0 Å². The molecular weight excluding hydrogens is 136 g/mol. The van der Waals surface area contributed by atoms with E-state index in [-0.39, 0.29) is 0 Å². The normalized spacial score (nSPS) is 34.3. The van der Waals surface area contributed by atoms with Gasteiger partial charge in [-0.3, -0.25) is 0 Å². The van der Waals surface area contributed by atoms with Crippen molar-refractivity contribution in [3.8, 4) is 0 Å². The average Bonchev–Trinajstić information content (AvgIpc) is 2.04. The molecule has 1 N–H and O–H groups in total. The van der Waals surface area contributed by atoms with Crippen LogP contribution in [0.15, 0.2) is 24.3 Å². The van der Waals surface area contributed by atoms with E-state index in [0.29, 0.717) is 5.92 Å². The Morgan fingerprint density at radius 2 is 2.00 bits per heavy atom. The Hall–Kier alpha value is -0.820. The average molecular weight is 148 g/mol. The Bertz CT molecular complexity index is 289. The molecule has 0 unspecified atom stereocenters. The minimum absolute atomic E-state index is 0.290. The maximum atomic E-state index is 9.83. The second-order valence-corrected chi connectivity index (χ2v) is 3.46. The molecular formula is C10H12O. The van der Waals surface area contributed by atoms with Crippen molar-refractivity contribution in [3.63, 3.8) is 0 Å². The minimum atomic E-state index is -0.587. The molecule has 1 aliphatic carbocycles. The summed E-state index contributed by atoms with van der Waals surface area (Å²) in [5, 5.41) is 9.83. The van der Waals surface area contributed by atoms with Crippen LogP contribution in [0.1, 0.15) is 30.9 Å². The Balaban J connectivity index is 2.56. The van der Waals surface area contributed by atoms with Crippen molar-refractivity contribution in [2.24, 2.45) is 0 Å². The van der Waals surface area contributed by atoms with Crippen molar-refractivity contribution in [1.29, 1.82) is 0 Å². The first-order chi connectivity index (χ1) is 5.14. The summed E-state index contributed by atoms with van der Waals surface area (Å²) in [4.78, 5) is 0. The van der Waals surface area contributed by atoms with Crippen molar-refractivity contribution < 1.29 is 5.11 Å². The van der Waals surface area contributed by atoms with Crippen molar-refractivity contribution >= 4 is 0 Å². The highest BCUT2D eigenvalue weighted by molar-refractivity contribution is 5.46. The number of hydrogen-bond acceptors (Lipinski definition) is 1. The Morgan fingerprint density at radius 1 is 1.36 bits per heavy atom. The van der Waals surface area contributed by atoms with Gasteiger partial charge in [0.05, 0.1) is 5.60 Å². The van der Waals surface area contributed by atoms with Crippen molar-refractivity contribution in [2.75, 3.05) is 0 Å². The van der Waals surface area contributed by atoms with E-state index in [2.05, 4.69) is 13.0 Å². The van der Waals surface area contributed by atoms with Gasteiger partial charge in [-0.25, -0.2) is 0 Å². The zero-order valence-corrected chi connectivity index (χ0v) is 6.83. The lowest BCUT2D eigenvalue weighted by Gasteiger charge is -2.43. The quantitative estimate of drug-likeness (QED) is 0.596. The van der Waals surface area contributed by atoms with E-state index >= 15 is 0 Å². The van der Waals surface area contributed by atoms with Crippen molar-refractivity contribution in [1.82, 2.24) is 0 Å². The van der Waals surface area contributed by atoms with Crippen LogP contribution in [0.2, 0.25) is 0 Å². The fraction of sp³-hybridized carbons (Fsp3) is 0.400. The van der Waals surface area contributed by atoms with Gasteiger partial charge in [0.2, 0.25) is 0 Å². The van der Waals surface area contributed by atoms with Gasteiger partial charge in [-0.05, 0) is 18.1 Å². The first kappa shape index (κ1) is 6.86. The molecule has 2 rings (SSSR count). The van der Waals surface area contributed by atoms with Gasteiger partial charge in [0.15, 0.2) is 0 Å². The van der Waals surface area contributed by atoms with E-state index in [1.807, 2.05) is 25.1 Å². The van der Waals surface area contributed by atoms with Crippen LogP contribution in [-0.4, -0.2) is 5.11 Å². The highest BCUT2D eigenvalue weighted by atomic mass is 16.3. The first-order valence-electron chi connectivity index (χ1n) is 3.96. The molecule has 0 saturated carbocycles. The number of aliphatic hydroxyl groups is 1. The molecule has 0 aliphatic heterocycles. The molecule has 0 heterocycles. The molecule has 0 aromatic heterocycles. The van der Waals surface area contributed by atoms with E-state index in [1.165, 1.54) is 5.56 Å². The first-order valence-corrected chi connectivity index (χ1v) is 3.96. The van der Waals surface area contributed by atoms with E-state index < -0.39 is 5.60 Å². The molecule has 0 amide bonds. The molecule has 1 aromatic rings. The Morgan fingerprint density at radius 3 is 2.64 bits per heavy atom. The highest BCUT2D eigenvalue weighted by Gasteiger charge is 2.43. The van der Waals surface area contributed by atoms with Crippen LogP contribution < -0.4 is 0 Å². The predicted octanol–water partition coefficient (Wildman–Crippen LogP) is 2.01. The molecule has 0 radical (unpaired) electrons. The predicted molar refractivity (Wildman–Crippen MR) is 44.4 cm³/mol. The van der Waals surface area contributed by atoms with Crippen LogP contribution >= 0.6 is 0 Å². The lowest BCUT2D eigenvalue weighted by Crippen LogP contribution is -2.39. The van der Waals surface area contributed by atoms with Crippen LogP contribution in [0, 0.1) is 0 Å². The molecule has 58 valence electrons. The summed E-state index contributed by atoms with van der Waals surface area (Å²) in [7, 11) is 0. The van der Waals surface area contributed by atoms with Crippen molar-refractivity contribution in [3.05, 3.63) is 35.4 Å². The summed E-state index contributed by atoms with van der Waals surface area (Å²) in [6, 6.07) is 8.07. The van der Waals surface area contributed by atoms with Crippen LogP contribution in [0.5, 0.6) is 0 Å². The van der Waals surface area contributed by atoms with E-state index in [0.717, 1.165) is 5.56 Å². The molecule has 0 fully saturated rings. The zero-order chi connectivity index (χ0) is 8.06. The maximum Gasteiger partial charge on any atom is 0.0936 e. The summed E-state index contributed by atoms with van der Waals surface area (Å²) < 4.78 is 0. The van der Waals surface area contributed by atoms with Gasteiger partial charge in [-0.2, -0.15) is 0 Å². The molecule has 11 heavy (non-hydrogen) atoms. The lowest BCUT2D eigenvalue weighted by molar-refractivity contribution is 0.00467. The molecule has 1 heteroatoms. The third-order valence-electron chi connectivity index (χ3n) is 2.82. The zero-order valence-electron chi connectivity index (χ0n) is 6.83. The third kappa shape index (κ3) is 0.690. The summed E-state index contributed by atoms with van der Waals surface area (Å²) in [6.45, 7) is 3.93. The summed E-state index contributed by atoms with van der Waals surface area (Å²) in [5.41, 5.74) is 1.79. The standard InChI is InChI=1S/C10H12O/c1-7-8-5-3-4-6-9(8)10(7,2)11/h3-7,11H,1-2H3/t7-,10-/m1/s1. The highest BCUT2D eigenvalue weighted by Crippen LogP contribution is 2.48. The van der Waals surface area contributed by atoms with Gasteiger partial charge in [-0.1, -0.05) is 31.2 Å². The van der Waals surface area contributed by atoms with E-state index in [1.54, 1.807) is 0 Å². The molecule has 1 nitrogen and oxygen atoms in total. The minimum Gasteiger partial charge on any atom is -0.385 e. The largest absolute Gasteiger partial charge is 0.385 e. The number of rotatable bonds is 0. The maximum absolute atomic E-state index is 9.83. The SMILES string of the molecule is C[C@@H]1c2ccccc2[C@]1(C)O. The molecule has 2 atom stereocenters. The smallest absolute Gasteiger partial charge is 0.0936 e. The fourth-order valence-electron chi connectivity index (χ4n) is 1.79. The number of fused-ring (bicyclic) bond motifs is 1. The van der Waals surface area contributed by atoms with E-state index in [4.69, 9.17) is 0 Å². The van der Waals surface area contributed by atoms with Gasteiger partial charge in [0.25, 0.3) is 0 Å². The van der Waals surface area contributed by atoms with Crippen LogP contribution in [0.4, 0.5) is 0 Å². The fourth-order valence-corrected chi connectivity index (χ4v) is 1.79. The third-order valence-corrected chi connectivity index (χ3v) is 2.82.